The van der Waals surface area contributed by atoms with Crippen LogP contribution < -0.4 is 19.3 Å². The van der Waals surface area contributed by atoms with Gasteiger partial charge in [0.1, 0.15) is 6.10 Å². The third-order valence-electron chi connectivity index (χ3n) is 7.76. The van der Waals surface area contributed by atoms with E-state index in [9.17, 15) is 9.90 Å². The maximum Gasteiger partial charge on any atom is 0.305 e. The Hall–Kier alpha value is -2.85. The van der Waals surface area contributed by atoms with Crippen molar-refractivity contribution in [2.75, 3.05) is 43.2 Å². The molecule has 5 atom stereocenters. The Balaban J connectivity index is 1.43. The minimum Gasteiger partial charge on any atom is -0.481 e. The van der Waals surface area contributed by atoms with Crippen LogP contribution in [-0.2, 0) is 9.53 Å². The summed E-state index contributed by atoms with van der Waals surface area (Å²) in [6.45, 7) is 8.59. The first-order valence-electron chi connectivity index (χ1n) is 13.6. The molecule has 2 aromatic rings. The third-order valence-corrected chi connectivity index (χ3v) is 8.05. The predicted molar refractivity (Wildman–Crippen MR) is 148 cm³/mol. The van der Waals surface area contributed by atoms with Gasteiger partial charge in [0.05, 0.1) is 48.4 Å². The Bertz CT molecular complexity index is 1140. The Kier molecular flexibility index (Phi) is 9.71. The van der Waals surface area contributed by atoms with E-state index >= 15 is 4.39 Å². The second-order valence-corrected chi connectivity index (χ2v) is 10.9. The topological polar surface area (TPSA) is 97.3 Å². The third kappa shape index (κ3) is 6.84. The molecule has 0 radical (unpaired) electrons. The van der Waals surface area contributed by atoms with Crippen LogP contribution in [0.2, 0.25) is 5.02 Å². The number of aromatic nitrogens is 2. The van der Waals surface area contributed by atoms with Crippen LogP contribution in [-0.4, -0.2) is 72.6 Å². The molecule has 2 aliphatic heterocycles. The van der Waals surface area contributed by atoms with Gasteiger partial charge >= 0.3 is 5.97 Å². The molecule has 0 aromatic carbocycles. The number of rotatable bonds is 11. The zero-order chi connectivity index (χ0) is 28.1. The van der Waals surface area contributed by atoms with Gasteiger partial charge in [-0.05, 0) is 6.42 Å². The summed E-state index contributed by atoms with van der Waals surface area (Å²) in [7, 11) is 1.56. The standard InChI is InChI=1S/C28H38ClFN4O5/c1-5-6-9-38-25-16-34(22(18(25)3)12-27(35)36)19-10-21(30)28(32-13-19)39-24-7-8-33(15-17(24)2)23-11-26(37-4)31-14-20(23)29/h10-11,13-14,17-18,22,24-25H,5-9,12,15-16H2,1-4H3,(H,35,36)/t17?,18-,22-,24?,25-/m0/s1. The summed E-state index contributed by atoms with van der Waals surface area (Å²) >= 11 is 6.38. The van der Waals surface area contributed by atoms with E-state index in [4.69, 9.17) is 25.8 Å². The molecule has 2 aliphatic rings. The van der Waals surface area contributed by atoms with Gasteiger partial charge in [-0.3, -0.25) is 4.79 Å². The largest absolute Gasteiger partial charge is 0.481 e. The summed E-state index contributed by atoms with van der Waals surface area (Å²) in [4.78, 5) is 24.1. The lowest BCUT2D eigenvalue weighted by atomic mass is 9.96. The number of ether oxygens (including phenoxy) is 3. The molecule has 2 saturated heterocycles. The molecule has 2 unspecified atom stereocenters. The number of halogens is 2. The Morgan fingerprint density at radius 3 is 2.67 bits per heavy atom. The van der Waals surface area contributed by atoms with Gasteiger partial charge in [0.15, 0.2) is 5.82 Å². The van der Waals surface area contributed by atoms with Crippen LogP contribution in [0.15, 0.2) is 24.5 Å². The smallest absolute Gasteiger partial charge is 0.305 e. The van der Waals surface area contributed by atoms with Crippen LogP contribution in [0.25, 0.3) is 0 Å². The number of carboxylic acids is 1. The van der Waals surface area contributed by atoms with Gasteiger partial charge in [-0.1, -0.05) is 38.8 Å². The molecule has 9 nitrogen and oxygen atoms in total. The molecule has 0 bridgehead atoms. The number of aliphatic carboxylic acids is 1. The van der Waals surface area contributed by atoms with Crippen LogP contribution in [0.5, 0.6) is 11.8 Å². The molecule has 0 amide bonds. The van der Waals surface area contributed by atoms with Gasteiger partial charge in [-0.15, -0.1) is 0 Å². The van der Waals surface area contributed by atoms with Crippen molar-refractivity contribution >= 4 is 28.9 Å². The Morgan fingerprint density at radius 1 is 1.21 bits per heavy atom. The molecular formula is C28H38ClFN4O5. The van der Waals surface area contributed by atoms with Crippen LogP contribution in [0.1, 0.15) is 46.5 Å². The Labute approximate surface area is 234 Å². The zero-order valence-corrected chi connectivity index (χ0v) is 23.7. The van der Waals surface area contributed by atoms with E-state index in [1.165, 1.54) is 6.07 Å². The highest BCUT2D eigenvalue weighted by molar-refractivity contribution is 6.33. The molecule has 4 rings (SSSR count). The number of anilines is 2. The lowest BCUT2D eigenvalue weighted by molar-refractivity contribution is -0.137. The van der Waals surface area contributed by atoms with Crippen LogP contribution in [0, 0.1) is 17.7 Å². The van der Waals surface area contributed by atoms with Crippen molar-refractivity contribution in [3.8, 4) is 11.8 Å². The summed E-state index contributed by atoms with van der Waals surface area (Å²) in [5, 5.41) is 10.0. The molecular weight excluding hydrogens is 527 g/mol. The number of piperidine rings is 1. The highest BCUT2D eigenvalue weighted by atomic mass is 35.5. The van der Waals surface area contributed by atoms with E-state index in [0.29, 0.717) is 49.3 Å². The normalized spacial score (nSPS) is 25.1. The Morgan fingerprint density at radius 2 is 2.00 bits per heavy atom. The number of hydrogen-bond acceptors (Lipinski definition) is 8. The SMILES string of the molecule is CCCCO[C@H]1CN(c2cnc(OC3CCN(c4cc(OC)ncc4Cl)CC3C)c(F)c2)[C@@H](CC(=O)O)[C@@H]1C. The molecule has 4 heterocycles. The molecule has 0 saturated carbocycles. The predicted octanol–water partition coefficient (Wildman–Crippen LogP) is 5.06. The van der Waals surface area contributed by atoms with Crippen molar-refractivity contribution in [2.45, 2.75) is 64.7 Å². The number of methoxy groups -OCH3 is 1. The summed E-state index contributed by atoms with van der Waals surface area (Å²) in [6.07, 6.45) is 5.35. The van der Waals surface area contributed by atoms with Gasteiger partial charge in [0.25, 0.3) is 5.88 Å². The molecule has 2 aromatic heterocycles. The molecule has 39 heavy (non-hydrogen) atoms. The van der Waals surface area contributed by atoms with Gasteiger partial charge in [0, 0.05) is 62.7 Å². The highest BCUT2D eigenvalue weighted by Gasteiger charge is 2.41. The van der Waals surface area contributed by atoms with E-state index in [1.807, 2.05) is 17.9 Å². The quantitative estimate of drug-likeness (QED) is 0.376. The lowest BCUT2D eigenvalue weighted by Crippen LogP contribution is -2.44. The molecule has 11 heteroatoms. The lowest BCUT2D eigenvalue weighted by Gasteiger charge is -2.38. The molecule has 214 valence electrons. The highest BCUT2D eigenvalue weighted by Crippen LogP contribution is 2.36. The monoisotopic (exact) mass is 564 g/mol. The summed E-state index contributed by atoms with van der Waals surface area (Å²) < 4.78 is 32.6. The summed E-state index contributed by atoms with van der Waals surface area (Å²) in [6, 6.07) is 2.89. The van der Waals surface area contributed by atoms with Crippen molar-refractivity contribution in [3.63, 3.8) is 0 Å². The van der Waals surface area contributed by atoms with Gasteiger partial charge < -0.3 is 29.1 Å². The number of unbranched alkanes of at least 4 members (excludes halogenated alkanes) is 1. The number of nitrogens with zero attached hydrogens (tertiary/aromatic N) is 4. The number of carboxylic acid groups (broad SMARTS) is 1. The second kappa shape index (κ2) is 13.0. The first-order chi connectivity index (χ1) is 18.7. The van der Waals surface area contributed by atoms with Gasteiger partial charge in [-0.25, -0.2) is 14.4 Å². The minimum absolute atomic E-state index is 0.0168. The molecule has 2 fully saturated rings. The fraction of sp³-hybridized carbons (Fsp3) is 0.607. The van der Waals surface area contributed by atoms with E-state index < -0.39 is 11.8 Å². The van der Waals surface area contributed by atoms with E-state index in [1.54, 1.807) is 19.5 Å². The first kappa shape index (κ1) is 29.1. The number of carbonyl (C=O) groups is 1. The average molecular weight is 565 g/mol. The van der Waals surface area contributed by atoms with E-state index in [2.05, 4.69) is 28.7 Å². The minimum atomic E-state index is -0.897. The van der Waals surface area contributed by atoms with Gasteiger partial charge in [0.2, 0.25) is 5.88 Å². The fourth-order valence-corrected chi connectivity index (χ4v) is 5.69. The number of pyridine rings is 2. The summed E-state index contributed by atoms with van der Waals surface area (Å²) in [5.74, 6) is -0.964. The van der Waals surface area contributed by atoms with Crippen molar-refractivity contribution in [2.24, 2.45) is 11.8 Å². The van der Waals surface area contributed by atoms with Crippen molar-refractivity contribution in [3.05, 3.63) is 35.4 Å². The van der Waals surface area contributed by atoms with Crippen LogP contribution >= 0.6 is 11.6 Å². The van der Waals surface area contributed by atoms with Gasteiger partial charge in [-0.2, -0.15) is 0 Å². The van der Waals surface area contributed by atoms with E-state index in [0.717, 1.165) is 18.5 Å². The fourth-order valence-electron chi connectivity index (χ4n) is 5.47. The van der Waals surface area contributed by atoms with Crippen molar-refractivity contribution in [1.29, 1.82) is 0 Å². The molecule has 0 aliphatic carbocycles. The van der Waals surface area contributed by atoms with Crippen LogP contribution in [0.3, 0.4) is 0 Å². The van der Waals surface area contributed by atoms with Crippen LogP contribution in [0.4, 0.5) is 15.8 Å². The maximum atomic E-state index is 15.3. The van der Waals surface area contributed by atoms with E-state index in [-0.39, 0.29) is 42.4 Å². The number of hydrogen-bond donors (Lipinski definition) is 1. The first-order valence-corrected chi connectivity index (χ1v) is 14.0. The zero-order valence-electron chi connectivity index (χ0n) is 23.0. The van der Waals surface area contributed by atoms with Crippen molar-refractivity contribution in [1.82, 2.24) is 9.97 Å². The molecule has 0 spiro atoms. The average Bonchev–Trinajstić information content (AvgIpc) is 3.21. The maximum absolute atomic E-state index is 15.3. The summed E-state index contributed by atoms with van der Waals surface area (Å²) in [5.41, 5.74) is 1.37. The molecule has 1 N–H and O–H groups in total. The second-order valence-electron chi connectivity index (χ2n) is 10.5. The van der Waals surface area contributed by atoms with Crippen molar-refractivity contribution < 1.29 is 28.5 Å².